The molecule has 1 N–H and O–H groups in total. The van der Waals surface area contributed by atoms with Gasteiger partial charge < -0.3 is 10.2 Å². The van der Waals surface area contributed by atoms with E-state index in [1.807, 2.05) is 0 Å². The van der Waals surface area contributed by atoms with Crippen molar-refractivity contribution >= 4 is 44.8 Å². The first-order valence-corrected chi connectivity index (χ1v) is 11.6. The van der Waals surface area contributed by atoms with Crippen LogP contribution in [0.3, 0.4) is 0 Å². The van der Waals surface area contributed by atoms with Gasteiger partial charge >= 0.3 is 0 Å². The molecule has 0 radical (unpaired) electrons. The Morgan fingerprint density at radius 2 is 1.81 bits per heavy atom. The molecule has 32 heavy (non-hydrogen) atoms. The van der Waals surface area contributed by atoms with Crippen LogP contribution in [0.25, 0.3) is 0 Å². The molecule has 0 fully saturated rings. The SMILES string of the molecule is CNC(=O)C(C)N(Cc1ccc(Cl)cc1)C(=O)CN(c1cccc([N+](=O)[O-])c1)S(C)(=O)=O. The third-order valence-electron chi connectivity index (χ3n) is 4.69. The smallest absolute Gasteiger partial charge is 0.271 e. The van der Waals surface area contributed by atoms with Crippen LogP contribution in [0.2, 0.25) is 5.02 Å². The number of likely N-dealkylation sites (N-methyl/N-ethyl adjacent to an activating group) is 1. The van der Waals surface area contributed by atoms with Crippen LogP contribution in [0.4, 0.5) is 11.4 Å². The summed E-state index contributed by atoms with van der Waals surface area (Å²) in [5.74, 6) is -1.10. The zero-order chi connectivity index (χ0) is 24.1. The van der Waals surface area contributed by atoms with Gasteiger partial charge in [0.25, 0.3) is 5.69 Å². The number of nitro benzene ring substituents is 1. The van der Waals surface area contributed by atoms with Gasteiger partial charge in [-0.05, 0) is 30.7 Å². The molecule has 0 aromatic heterocycles. The number of rotatable bonds is 9. The number of carbonyl (C=O) groups is 2. The lowest BCUT2D eigenvalue weighted by atomic mass is 10.1. The standard InChI is InChI=1S/C20H23ClN4O6S/c1-14(20(27)22-2)23(12-15-7-9-16(21)10-8-15)19(26)13-24(32(3,30)31)17-5-4-6-18(11-17)25(28)29/h4-11,14H,12-13H2,1-3H3,(H,22,27). The van der Waals surface area contributed by atoms with Crippen molar-refractivity contribution in [2.24, 2.45) is 0 Å². The van der Waals surface area contributed by atoms with Crippen LogP contribution in [-0.2, 0) is 26.2 Å². The zero-order valence-electron chi connectivity index (χ0n) is 17.7. The fourth-order valence-electron chi connectivity index (χ4n) is 2.95. The zero-order valence-corrected chi connectivity index (χ0v) is 19.3. The highest BCUT2D eigenvalue weighted by Crippen LogP contribution is 2.24. The minimum atomic E-state index is -3.97. The van der Waals surface area contributed by atoms with Gasteiger partial charge in [-0.1, -0.05) is 29.8 Å². The molecule has 0 saturated heterocycles. The third-order valence-corrected chi connectivity index (χ3v) is 6.08. The highest BCUT2D eigenvalue weighted by Gasteiger charge is 2.30. The Morgan fingerprint density at radius 1 is 1.19 bits per heavy atom. The van der Waals surface area contributed by atoms with Crippen LogP contribution in [0, 0.1) is 10.1 Å². The van der Waals surface area contributed by atoms with Gasteiger partial charge in [-0.2, -0.15) is 0 Å². The van der Waals surface area contributed by atoms with E-state index in [0.717, 1.165) is 16.6 Å². The van der Waals surface area contributed by atoms with Gasteiger partial charge in [0.05, 0.1) is 16.9 Å². The van der Waals surface area contributed by atoms with Gasteiger partial charge in [-0.15, -0.1) is 0 Å². The summed E-state index contributed by atoms with van der Waals surface area (Å²) in [5.41, 5.74) is 0.328. The van der Waals surface area contributed by atoms with Crippen LogP contribution >= 0.6 is 11.6 Å². The van der Waals surface area contributed by atoms with Crippen molar-refractivity contribution in [1.82, 2.24) is 10.2 Å². The number of hydrogen-bond acceptors (Lipinski definition) is 6. The van der Waals surface area contributed by atoms with Gasteiger partial charge in [0, 0.05) is 30.7 Å². The van der Waals surface area contributed by atoms with E-state index in [-0.39, 0.29) is 17.9 Å². The number of sulfonamides is 1. The first-order valence-electron chi connectivity index (χ1n) is 9.41. The minimum absolute atomic E-state index is 0.0249. The Labute approximate surface area is 191 Å². The number of hydrogen-bond donors (Lipinski definition) is 1. The Hall–Kier alpha value is -3.18. The predicted molar refractivity (Wildman–Crippen MR) is 121 cm³/mol. The molecular formula is C20H23ClN4O6S. The van der Waals surface area contributed by atoms with Crippen LogP contribution in [0.5, 0.6) is 0 Å². The number of anilines is 1. The molecule has 1 unspecified atom stereocenters. The molecule has 10 nitrogen and oxygen atoms in total. The summed E-state index contributed by atoms with van der Waals surface area (Å²) in [5, 5.41) is 14.1. The summed E-state index contributed by atoms with van der Waals surface area (Å²) in [4.78, 5) is 37.1. The van der Waals surface area contributed by atoms with Crippen molar-refractivity contribution in [3.8, 4) is 0 Å². The molecule has 0 aliphatic carbocycles. The van der Waals surface area contributed by atoms with E-state index in [9.17, 15) is 28.1 Å². The van der Waals surface area contributed by atoms with Crippen LogP contribution < -0.4 is 9.62 Å². The van der Waals surface area contributed by atoms with Gasteiger partial charge in [0.2, 0.25) is 21.8 Å². The predicted octanol–water partition coefficient (Wildman–Crippen LogP) is 2.18. The molecule has 2 aromatic rings. The fourth-order valence-corrected chi connectivity index (χ4v) is 3.92. The van der Waals surface area contributed by atoms with Crippen molar-refractivity contribution < 1.29 is 22.9 Å². The summed E-state index contributed by atoms with van der Waals surface area (Å²) >= 11 is 5.90. The van der Waals surface area contributed by atoms with Gasteiger partial charge in [-0.25, -0.2) is 8.42 Å². The second-order valence-electron chi connectivity index (χ2n) is 6.98. The molecule has 2 aromatic carbocycles. The van der Waals surface area contributed by atoms with E-state index < -0.39 is 39.3 Å². The summed E-state index contributed by atoms with van der Waals surface area (Å²) in [6.45, 7) is 0.900. The topological polar surface area (TPSA) is 130 Å². The molecule has 0 aliphatic rings. The molecular weight excluding hydrogens is 460 g/mol. The van der Waals surface area contributed by atoms with Crippen molar-refractivity contribution in [3.05, 3.63) is 69.2 Å². The number of nitrogens with one attached hydrogen (secondary N) is 1. The lowest BCUT2D eigenvalue weighted by Crippen LogP contribution is -2.50. The van der Waals surface area contributed by atoms with Crippen LogP contribution in [0.15, 0.2) is 48.5 Å². The summed E-state index contributed by atoms with van der Waals surface area (Å²) in [7, 11) is -2.55. The molecule has 0 heterocycles. The van der Waals surface area contributed by atoms with Crippen LogP contribution in [-0.4, -0.2) is 55.9 Å². The molecule has 12 heteroatoms. The summed E-state index contributed by atoms with van der Waals surface area (Å²) in [6.07, 6.45) is 0.894. The monoisotopic (exact) mass is 482 g/mol. The minimum Gasteiger partial charge on any atom is -0.357 e. The molecule has 2 rings (SSSR count). The summed E-state index contributed by atoms with van der Waals surface area (Å²) in [6, 6.07) is 10.7. The normalized spacial score (nSPS) is 12.0. The second-order valence-corrected chi connectivity index (χ2v) is 9.33. The molecule has 2 amide bonds. The van der Waals surface area contributed by atoms with Crippen molar-refractivity contribution in [2.75, 3.05) is 24.2 Å². The Balaban J connectivity index is 2.41. The lowest BCUT2D eigenvalue weighted by Gasteiger charge is -2.31. The first-order chi connectivity index (χ1) is 14.9. The number of benzene rings is 2. The fraction of sp³-hybridized carbons (Fsp3) is 0.300. The Bertz CT molecular complexity index is 1110. The maximum absolute atomic E-state index is 13.2. The largest absolute Gasteiger partial charge is 0.357 e. The van der Waals surface area contributed by atoms with Gasteiger partial charge in [0.1, 0.15) is 12.6 Å². The van der Waals surface area contributed by atoms with Crippen molar-refractivity contribution in [1.29, 1.82) is 0 Å². The van der Waals surface area contributed by atoms with Crippen molar-refractivity contribution in [2.45, 2.75) is 19.5 Å². The number of nitro groups is 1. The van der Waals surface area contributed by atoms with Crippen LogP contribution in [0.1, 0.15) is 12.5 Å². The number of amides is 2. The van der Waals surface area contributed by atoms with E-state index in [1.165, 1.54) is 37.1 Å². The van der Waals surface area contributed by atoms with Gasteiger partial charge in [0.15, 0.2) is 0 Å². The first kappa shape index (κ1) is 25.1. The molecule has 172 valence electrons. The highest BCUT2D eigenvalue weighted by atomic mass is 35.5. The molecule has 0 saturated carbocycles. The number of halogens is 1. The van der Waals surface area contributed by atoms with E-state index in [0.29, 0.717) is 10.6 Å². The highest BCUT2D eigenvalue weighted by molar-refractivity contribution is 7.92. The van der Waals surface area contributed by atoms with Gasteiger partial charge in [-0.3, -0.25) is 24.0 Å². The Kier molecular flexibility index (Phi) is 8.17. The Morgan fingerprint density at radius 3 is 2.34 bits per heavy atom. The van der Waals surface area contributed by atoms with E-state index in [4.69, 9.17) is 11.6 Å². The number of carbonyl (C=O) groups excluding carboxylic acids is 2. The average Bonchev–Trinajstić information content (AvgIpc) is 2.75. The van der Waals surface area contributed by atoms with E-state index in [2.05, 4.69) is 5.32 Å². The maximum Gasteiger partial charge on any atom is 0.271 e. The summed E-state index contributed by atoms with van der Waals surface area (Å²) < 4.78 is 25.6. The maximum atomic E-state index is 13.2. The van der Waals surface area contributed by atoms with Crippen molar-refractivity contribution in [3.63, 3.8) is 0 Å². The van der Waals surface area contributed by atoms with E-state index in [1.54, 1.807) is 24.3 Å². The average molecular weight is 483 g/mol. The third kappa shape index (κ3) is 6.41. The molecule has 1 atom stereocenters. The molecule has 0 spiro atoms. The number of non-ortho nitro benzene ring substituents is 1. The van der Waals surface area contributed by atoms with E-state index >= 15 is 0 Å². The molecule has 0 aliphatic heterocycles. The number of nitrogens with zero attached hydrogens (tertiary/aromatic N) is 3. The molecule has 0 bridgehead atoms. The quantitative estimate of drug-likeness (QED) is 0.430. The second kappa shape index (κ2) is 10.4. The lowest BCUT2D eigenvalue weighted by molar-refractivity contribution is -0.384.